The highest BCUT2D eigenvalue weighted by atomic mass is 16.5. The molecule has 1 N–H and O–H groups in total. The number of benzene rings is 1. The first-order valence-electron chi connectivity index (χ1n) is 9.69. The molecule has 1 aromatic carbocycles. The quantitative estimate of drug-likeness (QED) is 0.825. The number of ether oxygens (including phenoxy) is 1. The van der Waals surface area contributed by atoms with Crippen molar-refractivity contribution in [2.45, 2.75) is 44.2 Å². The maximum absolute atomic E-state index is 9.46. The zero-order valence-electron chi connectivity index (χ0n) is 15.4. The lowest BCUT2D eigenvalue weighted by molar-refractivity contribution is 0.0347. The Morgan fingerprint density at radius 1 is 1.16 bits per heavy atom. The highest BCUT2D eigenvalue weighted by molar-refractivity contribution is 5.50. The molecule has 0 spiro atoms. The van der Waals surface area contributed by atoms with E-state index < -0.39 is 0 Å². The van der Waals surface area contributed by atoms with Gasteiger partial charge in [0.15, 0.2) is 0 Å². The monoisotopic (exact) mass is 344 g/mol. The van der Waals surface area contributed by atoms with Gasteiger partial charge in [0.2, 0.25) is 0 Å². The smallest absolute Gasteiger partial charge is 0.118 e. The lowest BCUT2D eigenvalue weighted by Crippen LogP contribution is -2.56. The first-order chi connectivity index (χ1) is 12.3. The summed E-state index contributed by atoms with van der Waals surface area (Å²) in [6, 6.07) is 9.43. The van der Waals surface area contributed by atoms with Crippen molar-refractivity contribution in [2.24, 2.45) is 0 Å². The van der Waals surface area contributed by atoms with Crippen molar-refractivity contribution in [1.29, 1.82) is 0 Å². The molecule has 0 amide bonds. The van der Waals surface area contributed by atoms with Gasteiger partial charge >= 0.3 is 0 Å². The van der Waals surface area contributed by atoms with Gasteiger partial charge in [0.05, 0.1) is 7.11 Å². The van der Waals surface area contributed by atoms with Crippen LogP contribution in [0.3, 0.4) is 0 Å². The minimum absolute atomic E-state index is 0.295. The number of nitrogens with zero attached hydrogens (tertiary/aromatic N) is 2. The van der Waals surface area contributed by atoms with Gasteiger partial charge < -0.3 is 9.84 Å². The predicted molar refractivity (Wildman–Crippen MR) is 103 cm³/mol. The molecule has 1 aliphatic heterocycles. The Kier molecular flexibility index (Phi) is 6.91. The van der Waals surface area contributed by atoms with Crippen molar-refractivity contribution >= 4 is 6.08 Å². The fourth-order valence-electron chi connectivity index (χ4n) is 4.28. The third-order valence-electron chi connectivity index (χ3n) is 5.66. The molecule has 1 saturated heterocycles. The Labute approximate surface area is 152 Å². The fourth-order valence-corrected chi connectivity index (χ4v) is 4.28. The van der Waals surface area contributed by atoms with Crippen molar-refractivity contribution < 1.29 is 9.84 Å². The highest BCUT2D eigenvalue weighted by Crippen LogP contribution is 2.27. The van der Waals surface area contributed by atoms with Crippen LogP contribution in [0.4, 0.5) is 0 Å². The van der Waals surface area contributed by atoms with Crippen LogP contribution in [0.1, 0.15) is 37.7 Å². The van der Waals surface area contributed by atoms with Gasteiger partial charge in [0.1, 0.15) is 5.75 Å². The third-order valence-corrected chi connectivity index (χ3v) is 5.66. The van der Waals surface area contributed by atoms with Crippen LogP contribution in [0.5, 0.6) is 5.75 Å². The van der Waals surface area contributed by atoms with Gasteiger partial charge in [-0.05, 0) is 37.0 Å². The SMILES string of the molecule is COc1ccc(C=CCN2CCN(C3CCCC3)C(CCO)C2)cc1. The van der Waals surface area contributed by atoms with Crippen LogP contribution >= 0.6 is 0 Å². The molecule has 2 aliphatic rings. The van der Waals surface area contributed by atoms with Crippen LogP contribution in [-0.4, -0.2) is 66.9 Å². The van der Waals surface area contributed by atoms with E-state index in [0.29, 0.717) is 12.6 Å². The molecule has 0 radical (unpaired) electrons. The summed E-state index contributed by atoms with van der Waals surface area (Å²) < 4.78 is 5.20. The zero-order valence-corrected chi connectivity index (χ0v) is 15.4. The first-order valence-corrected chi connectivity index (χ1v) is 9.69. The van der Waals surface area contributed by atoms with Crippen molar-refractivity contribution in [3.05, 3.63) is 35.9 Å². The summed E-state index contributed by atoms with van der Waals surface area (Å²) in [7, 11) is 1.69. The molecule has 1 unspecified atom stereocenters. The molecule has 0 bridgehead atoms. The molecule has 4 heteroatoms. The molecule has 4 nitrogen and oxygen atoms in total. The summed E-state index contributed by atoms with van der Waals surface area (Å²) in [5.41, 5.74) is 1.21. The number of rotatable bonds is 7. The summed E-state index contributed by atoms with van der Waals surface area (Å²) in [4.78, 5) is 5.21. The van der Waals surface area contributed by atoms with Gasteiger partial charge in [0, 0.05) is 44.9 Å². The van der Waals surface area contributed by atoms with Gasteiger partial charge in [-0.2, -0.15) is 0 Å². The molecule has 1 aliphatic carbocycles. The second-order valence-corrected chi connectivity index (χ2v) is 7.28. The van der Waals surface area contributed by atoms with Crippen LogP contribution in [0.25, 0.3) is 6.08 Å². The largest absolute Gasteiger partial charge is 0.497 e. The van der Waals surface area contributed by atoms with Crippen molar-refractivity contribution in [1.82, 2.24) is 9.80 Å². The van der Waals surface area contributed by atoms with Crippen molar-refractivity contribution in [3.8, 4) is 5.75 Å². The van der Waals surface area contributed by atoms with E-state index >= 15 is 0 Å². The maximum Gasteiger partial charge on any atom is 0.118 e. The normalized spacial score (nSPS) is 23.5. The minimum Gasteiger partial charge on any atom is -0.497 e. The van der Waals surface area contributed by atoms with Crippen LogP contribution in [0.15, 0.2) is 30.3 Å². The molecule has 1 aromatic rings. The molecule has 0 aromatic heterocycles. The third kappa shape index (κ3) is 5.06. The Hall–Kier alpha value is -1.36. The van der Waals surface area contributed by atoms with E-state index in [4.69, 9.17) is 4.74 Å². The van der Waals surface area contributed by atoms with E-state index in [9.17, 15) is 5.11 Å². The Morgan fingerprint density at radius 2 is 1.92 bits per heavy atom. The van der Waals surface area contributed by atoms with Gasteiger partial charge in [-0.15, -0.1) is 0 Å². The minimum atomic E-state index is 0.295. The average Bonchev–Trinajstić information content (AvgIpc) is 3.17. The predicted octanol–water partition coefficient (Wildman–Crippen LogP) is 3.02. The lowest BCUT2D eigenvalue weighted by atomic mass is 10.0. The lowest BCUT2D eigenvalue weighted by Gasteiger charge is -2.44. The number of methoxy groups -OCH3 is 1. The highest BCUT2D eigenvalue weighted by Gasteiger charge is 2.32. The fraction of sp³-hybridized carbons (Fsp3) is 0.619. The number of hydrogen-bond acceptors (Lipinski definition) is 4. The van der Waals surface area contributed by atoms with E-state index in [1.54, 1.807) is 7.11 Å². The number of aliphatic hydroxyl groups excluding tert-OH is 1. The Morgan fingerprint density at radius 3 is 2.60 bits per heavy atom. The van der Waals surface area contributed by atoms with E-state index in [0.717, 1.165) is 44.4 Å². The standard InChI is InChI=1S/C21H32N2O2/c1-25-21-10-8-18(9-11-21)5-4-13-22-14-15-23(19-6-2-3-7-19)20(17-22)12-16-24/h4-5,8-11,19-20,24H,2-3,6-7,12-17H2,1H3. The van der Waals surface area contributed by atoms with Crippen molar-refractivity contribution in [2.75, 3.05) is 39.9 Å². The summed E-state index contributed by atoms with van der Waals surface area (Å²) >= 11 is 0. The second-order valence-electron chi connectivity index (χ2n) is 7.28. The molecule has 2 fully saturated rings. The molecule has 1 saturated carbocycles. The van der Waals surface area contributed by atoms with Gasteiger partial charge in [-0.3, -0.25) is 9.80 Å². The topological polar surface area (TPSA) is 35.9 Å². The van der Waals surface area contributed by atoms with E-state index in [2.05, 4.69) is 34.1 Å². The summed E-state index contributed by atoms with van der Waals surface area (Å²) in [5, 5.41) is 9.46. The van der Waals surface area contributed by atoms with E-state index in [1.165, 1.54) is 31.2 Å². The molecular formula is C21H32N2O2. The van der Waals surface area contributed by atoms with Crippen LogP contribution in [-0.2, 0) is 0 Å². The second kappa shape index (κ2) is 9.37. The van der Waals surface area contributed by atoms with Gasteiger partial charge in [-0.1, -0.05) is 37.1 Å². The molecule has 1 atom stereocenters. The Balaban J connectivity index is 1.51. The molecular weight excluding hydrogens is 312 g/mol. The summed E-state index contributed by atoms with van der Waals surface area (Å²) in [6.45, 7) is 4.62. The van der Waals surface area contributed by atoms with E-state index in [1.807, 2.05) is 12.1 Å². The van der Waals surface area contributed by atoms with Crippen LogP contribution < -0.4 is 4.74 Å². The maximum atomic E-state index is 9.46. The van der Waals surface area contributed by atoms with Gasteiger partial charge in [-0.25, -0.2) is 0 Å². The summed E-state index contributed by atoms with van der Waals surface area (Å²) in [5.74, 6) is 0.895. The van der Waals surface area contributed by atoms with E-state index in [-0.39, 0.29) is 0 Å². The average molecular weight is 344 g/mol. The molecule has 1 heterocycles. The molecule has 25 heavy (non-hydrogen) atoms. The molecule has 3 rings (SSSR count). The van der Waals surface area contributed by atoms with Gasteiger partial charge in [0.25, 0.3) is 0 Å². The first kappa shape index (κ1) is 18.4. The summed E-state index contributed by atoms with van der Waals surface area (Å²) in [6.07, 6.45) is 10.8. The van der Waals surface area contributed by atoms with Crippen LogP contribution in [0.2, 0.25) is 0 Å². The number of aliphatic hydroxyl groups is 1. The van der Waals surface area contributed by atoms with Crippen LogP contribution in [0, 0.1) is 0 Å². The number of piperazine rings is 1. The Bertz CT molecular complexity index is 537. The van der Waals surface area contributed by atoms with Crippen molar-refractivity contribution in [3.63, 3.8) is 0 Å². The zero-order chi connectivity index (χ0) is 17.5. The number of hydrogen-bond donors (Lipinski definition) is 1. The molecule has 138 valence electrons.